The first-order valence-corrected chi connectivity index (χ1v) is 15.0. The highest BCUT2D eigenvalue weighted by Gasteiger charge is 2.35. The molecule has 45 heavy (non-hydrogen) atoms. The molecule has 5 aromatic rings. The number of aromatic nitrogens is 5. The number of rotatable bonds is 7. The summed E-state index contributed by atoms with van der Waals surface area (Å²) in [5.74, 6) is 3.46. The third kappa shape index (κ3) is 5.72. The van der Waals surface area contributed by atoms with E-state index in [2.05, 4.69) is 37.0 Å². The van der Waals surface area contributed by atoms with Crippen molar-refractivity contribution < 1.29 is 14.3 Å². The second kappa shape index (κ2) is 11.7. The van der Waals surface area contributed by atoms with E-state index >= 15 is 0 Å². The Kier molecular flexibility index (Phi) is 7.42. The number of hydrogen-bond acceptors (Lipinski definition) is 10. The minimum absolute atomic E-state index is 0.00387. The summed E-state index contributed by atoms with van der Waals surface area (Å²) in [4.78, 5) is 37.6. The number of likely N-dealkylation sites (N-methyl/N-ethyl adjacent to an activating group) is 1. The molecule has 6 heterocycles. The Morgan fingerprint density at radius 2 is 2.02 bits per heavy atom. The van der Waals surface area contributed by atoms with E-state index in [-0.39, 0.29) is 18.0 Å². The van der Waals surface area contributed by atoms with Crippen molar-refractivity contribution in [3.05, 3.63) is 79.0 Å². The van der Waals surface area contributed by atoms with Crippen molar-refractivity contribution in [2.24, 2.45) is 0 Å². The molecule has 1 fully saturated rings. The summed E-state index contributed by atoms with van der Waals surface area (Å²) in [6, 6.07) is 11.7. The van der Waals surface area contributed by atoms with E-state index in [0.29, 0.717) is 54.6 Å². The normalized spacial score (nSPS) is 17.0. The highest BCUT2D eigenvalue weighted by atomic mass is 16.5. The lowest BCUT2D eigenvalue weighted by molar-refractivity contribution is -0.129. The van der Waals surface area contributed by atoms with Gasteiger partial charge in [-0.1, -0.05) is 6.08 Å². The number of aryl methyl sites for hydroxylation is 1. The summed E-state index contributed by atoms with van der Waals surface area (Å²) in [5.41, 5.74) is 3.94. The van der Waals surface area contributed by atoms with Crippen LogP contribution >= 0.6 is 0 Å². The first-order valence-electron chi connectivity index (χ1n) is 15.0. The van der Waals surface area contributed by atoms with Crippen LogP contribution in [-0.2, 0) is 4.79 Å². The van der Waals surface area contributed by atoms with E-state index in [1.165, 1.54) is 6.33 Å². The van der Waals surface area contributed by atoms with Crippen molar-refractivity contribution >= 4 is 39.9 Å². The summed E-state index contributed by atoms with van der Waals surface area (Å²) in [6.07, 6.45) is 10.7. The number of anilines is 3. The molecule has 2 atom stereocenters. The number of piperazine rings is 1. The highest BCUT2D eigenvalue weighted by molar-refractivity contribution is 5.90. The van der Waals surface area contributed by atoms with Crippen LogP contribution in [0, 0.1) is 6.92 Å². The van der Waals surface area contributed by atoms with Crippen molar-refractivity contribution in [2.75, 3.05) is 50.6 Å². The van der Waals surface area contributed by atoms with Crippen LogP contribution in [0.4, 0.5) is 17.3 Å². The number of carbonyl (C=O) groups excluding carboxylic acids is 1. The van der Waals surface area contributed by atoms with Gasteiger partial charge in [-0.2, -0.15) is 0 Å². The minimum Gasteiger partial charge on any atom is -0.487 e. The van der Waals surface area contributed by atoms with Gasteiger partial charge in [-0.25, -0.2) is 19.9 Å². The second-order valence-corrected chi connectivity index (χ2v) is 11.7. The molecule has 4 aromatic heterocycles. The van der Waals surface area contributed by atoms with Crippen molar-refractivity contribution in [3.8, 4) is 17.2 Å². The number of fused-ring (bicyclic) bond motifs is 6. The molecule has 0 unspecified atom stereocenters. The summed E-state index contributed by atoms with van der Waals surface area (Å²) in [7, 11) is 3.99. The molecule has 2 aliphatic heterocycles. The van der Waals surface area contributed by atoms with E-state index in [0.717, 1.165) is 28.5 Å². The standard InChI is InChI=1S/C33H35N9O3/c1-21-15-23(6-7-27(21)45-25-9-11-40-12-10-34-29(40)16-25)37-32-31-26(35-20-36-32)17-28-33(38-31)41-13-14-42(24(18-41)19-44-28)30(43)8-5-22(2)39(3)4/h5-12,15-17,20,22,24H,13-14,18-19H2,1-4H3,(H,35,36,37)/b8-5+/t22-,24+/m1/s1. The van der Waals surface area contributed by atoms with Crippen LogP contribution in [0.3, 0.4) is 0 Å². The number of nitrogens with zero attached hydrogens (tertiary/aromatic N) is 8. The molecule has 12 heteroatoms. The molecule has 0 saturated carbocycles. The molecule has 2 bridgehead atoms. The van der Waals surface area contributed by atoms with Gasteiger partial charge in [0, 0.05) is 68.2 Å². The first-order chi connectivity index (χ1) is 21.8. The monoisotopic (exact) mass is 605 g/mol. The van der Waals surface area contributed by atoms with Crippen LogP contribution in [-0.4, -0.2) is 92.5 Å². The van der Waals surface area contributed by atoms with E-state index in [1.807, 2.05) is 85.2 Å². The zero-order chi connectivity index (χ0) is 31.1. The highest BCUT2D eigenvalue weighted by Crippen LogP contribution is 2.36. The van der Waals surface area contributed by atoms with Crippen molar-refractivity contribution in [2.45, 2.75) is 25.9 Å². The molecule has 1 amide bonds. The van der Waals surface area contributed by atoms with E-state index in [9.17, 15) is 4.79 Å². The first kappa shape index (κ1) is 28.5. The lowest BCUT2D eigenvalue weighted by Crippen LogP contribution is -2.56. The molecule has 230 valence electrons. The van der Waals surface area contributed by atoms with Crippen molar-refractivity contribution in [1.82, 2.24) is 34.1 Å². The van der Waals surface area contributed by atoms with Gasteiger partial charge in [0.1, 0.15) is 35.6 Å². The van der Waals surface area contributed by atoms with Crippen LogP contribution in [0.25, 0.3) is 16.7 Å². The van der Waals surface area contributed by atoms with Crippen LogP contribution in [0.1, 0.15) is 12.5 Å². The number of benzene rings is 1. The molecule has 1 saturated heterocycles. The zero-order valence-corrected chi connectivity index (χ0v) is 25.7. The maximum atomic E-state index is 13.1. The summed E-state index contributed by atoms with van der Waals surface area (Å²) >= 11 is 0. The summed E-state index contributed by atoms with van der Waals surface area (Å²) in [5, 5.41) is 3.42. The van der Waals surface area contributed by atoms with Gasteiger partial charge < -0.3 is 33.9 Å². The number of pyridine rings is 2. The van der Waals surface area contributed by atoms with Gasteiger partial charge in [-0.05, 0) is 57.8 Å². The Labute approximate surface area is 260 Å². The molecule has 0 aliphatic carbocycles. The van der Waals surface area contributed by atoms with Gasteiger partial charge in [-0.15, -0.1) is 0 Å². The quantitative estimate of drug-likeness (QED) is 0.267. The largest absolute Gasteiger partial charge is 0.487 e. The van der Waals surface area contributed by atoms with Gasteiger partial charge in [0.2, 0.25) is 5.91 Å². The minimum atomic E-state index is -0.0862. The predicted molar refractivity (Wildman–Crippen MR) is 173 cm³/mol. The predicted octanol–water partition coefficient (Wildman–Crippen LogP) is 4.43. The van der Waals surface area contributed by atoms with E-state index in [4.69, 9.17) is 14.5 Å². The Hall–Kier alpha value is -5.23. The lowest BCUT2D eigenvalue weighted by atomic mass is 10.1. The average Bonchev–Trinajstić information content (AvgIpc) is 3.46. The van der Waals surface area contributed by atoms with Gasteiger partial charge in [0.05, 0.1) is 11.6 Å². The topological polar surface area (TPSA) is 113 Å². The molecular weight excluding hydrogens is 570 g/mol. The fourth-order valence-electron chi connectivity index (χ4n) is 5.60. The smallest absolute Gasteiger partial charge is 0.246 e. The number of amides is 1. The van der Waals surface area contributed by atoms with E-state index in [1.54, 1.807) is 12.3 Å². The third-order valence-corrected chi connectivity index (χ3v) is 8.42. The molecule has 0 radical (unpaired) electrons. The number of nitrogens with one attached hydrogen (secondary N) is 1. The maximum Gasteiger partial charge on any atom is 0.246 e. The number of ether oxygens (including phenoxy) is 2. The summed E-state index contributed by atoms with van der Waals surface area (Å²) < 4.78 is 14.3. The van der Waals surface area contributed by atoms with Crippen LogP contribution in [0.5, 0.6) is 17.2 Å². The van der Waals surface area contributed by atoms with Crippen LogP contribution in [0.15, 0.2) is 73.5 Å². The molecule has 1 aromatic carbocycles. The maximum absolute atomic E-state index is 13.1. The lowest BCUT2D eigenvalue weighted by Gasteiger charge is -2.39. The fourth-order valence-corrected chi connectivity index (χ4v) is 5.60. The van der Waals surface area contributed by atoms with Gasteiger partial charge in [-0.3, -0.25) is 4.79 Å². The van der Waals surface area contributed by atoms with E-state index < -0.39 is 0 Å². The van der Waals surface area contributed by atoms with Crippen LogP contribution in [0.2, 0.25) is 0 Å². The van der Waals surface area contributed by atoms with Gasteiger partial charge in [0.25, 0.3) is 0 Å². The van der Waals surface area contributed by atoms with Gasteiger partial charge in [0.15, 0.2) is 17.4 Å². The molecule has 0 spiro atoms. The number of carbonyl (C=O) groups is 1. The molecule has 2 aliphatic rings. The molecule has 12 nitrogen and oxygen atoms in total. The Bertz CT molecular complexity index is 1920. The number of hydrogen-bond donors (Lipinski definition) is 1. The Balaban J connectivity index is 1.10. The average molecular weight is 606 g/mol. The van der Waals surface area contributed by atoms with Crippen LogP contribution < -0.4 is 19.7 Å². The van der Waals surface area contributed by atoms with Crippen molar-refractivity contribution in [3.63, 3.8) is 0 Å². The SMILES string of the molecule is Cc1cc(Nc2ncnc3cc4c(nc23)N2CCN(C(=O)/C=C/[C@@H](C)N(C)C)[C@H](CO4)C2)ccc1Oc1ccn2ccnc2c1. The summed E-state index contributed by atoms with van der Waals surface area (Å²) in [6.45, 7) is 6.33. The van der Waals surface area contributed by atoms with Gasteiger partial charge >= 0.3 is 0 Å². The Morgan fingerprint density at radius 3 is 2.87 bits per heavy atom. The molecule has 7 rings (SSSR count). The third-order valence-electron chi connectivity index (χ3n) is 8.42. The fraction of sp³-hybridized carbons (Fsp3) is 0.303. The zero-order valence-electron chi connectivity index (χ0n) is 25.7. The molecular formula is C33H35N9O3. The molecule has 1 N–H and O–H groups in total. The second-order valence-electron chi connectivity index (χ2n) is 11.7. The number of imidazole rings is 1. The van der Waals surface area contributed by atoms with Crippen molar-refractivity contribution in [1.29, 1.82) is 0 Å². The Morgan fingerprint density at radius 1 is 1.13 bits per heavy atom.